The van der Waals surface area contributed by atoms with E-state index in [2.05, 4.69) is 46.7 Å². The summed E-state index contributed by atoms with van der Waals surface area (Å²) in [7, 11) is 132. The minimum absolute atomic E-state index is 0. The van der Waals surface area contributed by atoms with Crippen LogP contribution in [0.15, 0.2) is 47.3 Å². The molecule has 3 heterocycles. The summed E-state index contributed by atoms with van der Waals surface area (Å²) < 4.78 is 12.0. The predicted molar refractivity (Wildman–Crippen MR) is 387 cm³/mol. The maximum atomic E-state index is 11.8. The molecule has 0 spiro atoms. The van der Waals surface area contributed by atoms with Crippen molar-refractivity contribution in [1.29, 1.82) is 0 Å². The summed E-state index contributed by atoms with van der Waals surface area (Å²) in [6.45, 7) is 3.55. The van der Waals surface area contributed by atoms with E-state index in [1.165, 1.54) is 7.06 Å². The highest BCUT2D eigenvalue weighted by Crippen LogP contribution is 2.36. The van der Waals surface area contributed by atoms with Crippen molar-refractivity contribution in [3.05, 3.63) is 53.0 Å². The van der Waals surface area contributed by atoms with Crippen molar-refractivity contribution < 1.29 is 19.1 Å². The topological polar surface area (TPSA) is 127 Å². The van der Waals surface area contributed by atoms with Crippen molar-refractivity contribution in [2.45, 2.75) is 14.0 Å². The van der Waals surface area contributed by atoms with Gasteiger partial charge in [-0.1, -0.05) is 7.43 Å². The van der Waals surface area contributed by atoms with Gasteiger partial charge in [0.25, 0.3) is 0 Å². The van der Waals surface area contributed by atoms with E-state index in [1.807, 2.05) is 36.4 Å². The standard InChI is InChI=1S/C15H18BrN5O2.C11H15N3O2.CH4.B39/c1-17-15(22)20(2)10-3-4-13-12(7-10)21(5-6-23-13)8-11-14(16)19-9-18-11;1-12-11(15)14(2)8-3-4-10-9(7-8)13-5-6-16-10;;1-21-31(20)36(30(18)19)39(37(32(22(2)3)23(4)5)33(24(6)7)25(8)9)38(34(26(10)11)27(12)13)35(28(14)15)29(16)17/h3-4,7,9H,5-6,8H2,1-2H3,(H,17,22)(H,18,19);3-4,7,13H,5-6H2,1-2H3,(H,12,15);1H4;. The average Bonchev–Trinajstić information content (AvgIpc) is 3.78. The number of H-pyrrole nitrogens is 1. The van der Waals surface area contributed by atoms with Gasteiger partial charge in [0.05, 0.1) is 36.5 Å². The number of anilines is 4. The van der Waals surface area contributed by atoms with E-state index < -0.39 is 115 Å². The van der Waals surface area contributed by atoms with Crippen LogP contribution in [-0.4, -0.2) is 353 Å². The number of fused-ring (bicyclic) bond motifs is 2. The van der Waals surface area contributed by atoms with Crippen LogP contribution in [0.1, 0.15) is 13.1 Å². The summed E-state index contributed by atoms with van der Waals surface area (Å²) in [6, 6.07) is 11.1. The fourth-order valence-corrected chi connectivity index (χ4v) is 10.8. The molecular formula is C27H37B39BrN8O4. The lowest BCUT2D eigenvalue weighted by atomic mass is 8.28. The Morgan fingerprint density at radius 3 is 1.39 bits per heavy atom. The molecule has 52 heteroatoms. The fourth-order valence-electron chi connectivity index (χ4n) is 10.4. The fraction of sp³-hybridized carbons (Fsp3) is 0.370. The average molecular weight is 1040 g/mol. The van der Waals surface area contributed by atoms with Gasteiger partial charge in [-0.25, -0.2) is 14.6 Å². The second-order valence-corrected chi connectivity index (χ2v) is 20.1. The van der Waals surface area contributed by atoms with E-state index in [1.54, 1.807) is 44.3 Å². The monoisotopic (exact) mass is 1050 g/mol. The number of carbonyl (C=O) groups excluding carboxylic acids is 2. The zero-order valence-corrected chi connectivity index (χ0v) is 46.5. The number of nitrogens with zero attached hydrogens (tertiary/aromatic N) is 4. The predicted octanol–water partition coefficient (Wildman–Crippen LogP) is -10.6. The SMILES string of the molecule is C.CNC(=O)N(C)c1ccc2c(c1)N(Cc1[nH]cnc1Br)CCO2.CNC(=O)N(C)c1ccc2c(c1)NCCO2.[B][B]B([B])B(B([B])[B])B(B(B(B([B])[B])B([B])[B])B(B([B])[B])B([B])[B])B(B(B([B])[B])B([B])[B])B(B([B])[B])B([B])[B]. The minimum atomic E-state index is -1.19. The number of ether oxygens (including phenoxy) is 2. The summed E-state index contributed by atoms with van der Waals surface area (Å²) in [6.07, 6.45) is -18.0. The lowest BCUT2D eigenvalue weighted by molar-refractivity contribution is 0.248. The molecule has 0 fully saturated rings. The van der Waals surface area contributed by atoms with E-state index in [0.29, 0.717) is 19.8 Å². The van der Waals surface area contributed by atoms with E-state index in [-0.39, 0.29) is 19.5 Å². The van der Waals surface area contributed by atoms with Gasteiger partial charge in [0, 0.05) is 323 Å². The Hall–Kier alpha value is -1.60. The molecule has 0 unspecified atom stereocenters. The van der Waals surface area contributed by atoms with Crippen molar-refractivity contribution in [1.82, 2.24) is 20.6 Å². The second kappa shape index (κ2) is 35.0. The maximum absolute atomic E-state index is 11.8. The van der Waals surface area contributed by atoms with Gasteiger partial charge < -0.3 is 35.3 Å². The van der Waals surface area contributed by atoms with Gasteiger partial charge >= 0.3 is 12.1 Å². The smallest absolute Gasteiger partial charge is 0.321 e. The third-order valence-electron chi connectivity index (χ3n) is 14.1. The second-order valence-electron chi connectivity index (χ2n) is 19.4. The Kier molecular flexibility index (Phi) is 32.6. The molecule has 12 nitrogen and oxygen atoms in total. The lowest BCUT2D eigenvalue weighted by Gasteiger charge is -2.54. The van der Waals surface area contributed by atoms with Gasteiger partial charge in [-0.2, -0.15) is 0 Å². The van der Waals surface area contributed by atoms with Crippen molar-refractivity contribution in [3.63, 3.8) is 0 Å². The number of urea groups is 2. The molecule has 0 atom stereocenters. The number of benzene rings is 2. The first kappa shape index (κ1) is 73.5. The number of amides is 4. The van der Waals surface area contributed by atoms with Crippen LogP contribution in [0.4, 0.5) is 32.3 Å². The number of hydrogen-bond donors (Lipinski definition) is 4. The number of hydrogen-bond acceptors (Lipinski definition) is 7. The zero-order valence-electron chi connectivity index (χ0n) is 44.9. The van der Waals surface area contributed by atoms with Crippen LogP contribution in [0.25, 0.3) is 0 Å². The number of halogens is 1. The minimum Gasteiger partial charge on any atom is -0.490 e. The summed E-state index contributed by atoms with van der Waals surface area (Å²) in [4.78, 5) is 35.9. The molecule has 2 aliphatic rings. The van der Waals surface area contributed by atoms with Gasteiger partial charge in [0.1, 0.15) is 29.3 Å². The van der Waals surface area contributed by atoms with Crippen molar-refractivity contribution in [2.24, 2.45) is 0 Å². The van der Waals surface area contributed by atoms with Gasteiger partial charge in [-0.05, 0) is 52.3 Å². The highest BCUT2D eigenvalue weighted by atomic mass is 79.9. The first-order valence-electron chi connectivity index (χ1n) is 25.1. The molecule has 5 rings (SSSR count). The first-order valence-corrected chi connectivity index (χ1v) is 25.9. The summed E-state index contributed by atoms with van der Waals surface area (Å²) in [5, 5.41) is 8.43. The summed E-state index contributed by atoms with van der Waals surface area (Å²) in [5.41, 5.74) is 4.53. The molecule has 2 aromatic carbocycles. The van der Waals surface area contributed by atoms with Crippen LogP contribution in [0.2, 0.25) is 0 Å². The highest BCUT2D eigenvalue weighted by molar-refractivity contribution is 9.10. The molecule has 0 saturated carbocycles. The van der Waals surface area contributed by atoms with E-state index in [4.69, 9.17) is 164 Å². The Morgan fingerprint density at radius 2 is 1.01 bits per heavy atom. The summed E-state index contributed by atoms with van der Waals surface area (Å²) >= 11 is 3.44. The Morgan fingerprint density at radius 1 is 0.620 bits per heavy atom. The molecule has 3 aromatic rings. The maximum Gasteiger partial charge on any atom is 0.321 e. The number of carbonyl (C=O) groups is 2. The van der Waals surface area contributed by atoms with Gasteiger partial charge in [-0.15, -0.1) is 0 Å². The van der Waals surface area contributed by atoms with E-state index in [0.717, 1.165) is 57.6 Å². The van der Waals surface area contributed by atoms with Crippen LogP contribution >= 0.6 is 15.9 Å². The normalized spacial score (nSPS) is 11.2. The summed E-state index contributed by atoms with van der Waals surface area (Å²) in [5.74, 6) is 1.65. The van der Waals surface area contributed by atoms with E-state index in [9.17, 15) is 9.59 Å². The quantitative estimate of drug-likeness (QED) is 0.0738. The van der Waals surface area contributed by atoms with Crippen LogP contribution in [0.5, 0.6) is 11.5 Å². The van der Waals surface area contributed by atoms with Crippen molar-refractivity contribution >= 4 is 327 Å². The zero-order chi connectivity index (χ0) is 59.0. The lowest BCUT2D eigenvalue weighted by Crippen LogP contribution is -2.92. The molecule has 0 aliphatic carbocycles. The first-order chi connectivity index (χ1) is 36.6. The molecule has 4 amide bonds. The molecule has 0 saturated heterocycles. The molecular weight excluding hydrogens is 1000 g/mol. The Bertz CT molecular complexity index is 2190. The van der Waals surface area contributed by atoms with Crippen LogP contribution in [0, 0.1) is 0 Å². The van der Waals surface area contributed by atoms with Gasteiger partial charge in [-0.3, -0.25) is 9.80 Å². The van der Waals surface area contributed by atoms with Gasteiger partial charge in [0.2, 0.25) is 0 Å². The van der Waals surface area contributed by atoms with Gasteiger partial charge in [0.15, 0.2) is 0 Å². The third-order valence-corrected chi connectivity index (χ3v) is 14.8. The van der Waals surface area contributed by atoms with Crippen LogP contribution in [-0.2, 0) is 6.54 Å². The van der Waals surface area contributed by atoms with Crippen LogP contribution < -0.4 is 40.1 Å². The number of nitrogens with one attached hydrogen (secondary N) is 4. The number of aromatic nitrogens is 2. The van der Waals surface area contributed by atoms with Crippen LogP contribution in [0.3, 0.4) is 0 Å². The number of aromatic amines is 1. The van der Waals surface area contributed by atoms with Crippen molar-refractivity contribution in [2.75, 3.05) is 74.5 Å². The molecule has 41 radical (unpaired) electrons. The largest absolute Gasteiger partial charge is 0.490 e. The third kappa shape index (κ3) is 20.0. The molecule has 1 aromatic heterocycles. The van der Waals surface area contributed by atoms with Crippen molar-refractivity contribution in [3.8, 4) is 11.5 Å². The molecule has 79 heavy (non-hydrogen) atoms. The molecule has 4 N–H and O–H groups in total. The van der Waals surface area contributed by atoms with E-state index >= 15 is 0 Å². The Labute approximate surface area is 516 Å². The molecule has 2 aliphatic heterocycles. The highest BCUT2D eigenvalue weighted by Gasteiger charge is 2.56. The molecule has 333 valence electrons. The molecule has 0 bridgehead atoms. The number of imidazole rings is 1. The number of rotatable bonds is 22. The Balaban J connectivity index is 0.000000444.